The number of aromatic nitrogens is 1. The predicted octanol–water partition coefficient (Wildman–Crippen LogP) is 1.96. The van der Waals surface area contributed by atoms with Crippen molar-refractivity contribution in [2.75, 3.05) is 33.7 Å². The van der Waals surface area contributed by atoms with E-state index < -0.39 is 0 Å². The Balaban J connectivity index is 2.64. The van der Waals surface area contributed by atoms with Gasteiger partial charge in [0.25, 0.3) is 0 Å². The van der Waals surface area contributed by atoms with Gasteiger partial charge in [0.15, 0.2) is 0 Å². The highest BCUT2D eigenvalue weighted by molar-refractivity contribution is 5.11. The van der Waals surface area contributed by atoms with E-state index in [1.165, 1.54) is 0 Å². The van der Waals surface area contributed by atoms with Crippen molar-refractivity contribution in [1.82, 2.24) is 20.1 Å². The van der Waals surface area contributed by atoms with Crippen LogP contribution >= 0.6 is 0 Å². The number of likely N-dealkylation sites (N-methyl/N-ethyl adjacent to an activating group) is 2. The Morgan fingerprint density at radius 1 is 1.20 bits per heavy atom. The van der Waals surface area contributed by atoms with Crippen LogP contribution in [0.3, 0.4) is 0 Å². The zero-order valence-electron chi connectivity index (χ0n) is 13.7. The van der Waals surface area contributed by atoms with Crippen molar-refractivity contribution < 1.29 is 0 Å². The molecule has 0 bridgehead atoms. The monoisotopic (exact) mass is 278 g/mol. The van der Waals surface area contributed by atoms with Gasteiger partial charge in [-0.1, -0.05) is 19.9 Å². The Labute approximate surface area is 124 Å². The molecule has 0 aliphatic rings. The van der Waals surface area contributed by atoms with Gasteiger partial charge in [0.1, 0.15) is 0 Å². The van der Waals surface area contributed by atoms with Gasteiger partial charge in [0, 0.05) is 25.7 Å². The first-order valence-corrected chi connectivity index (χ1v) is 7.61. The summed E-state index contributed by atoms with van der Waals surface area (Å²) in [6.07, 6.45) is 0. The van der Waals surface area contributed by atoms with E-state index in [4.69, 9.17) is 4.98 Å². The molecule has 0 amide bonds. The summed E-state index contributed by atoms with van der Waals surface area (Å²) in [5.41, 5.74) is 2.29. The van der Waals surface area contributed by atoms with Gasteiger partial charge >= 0.3 is 0 Å². The van der Waals surface area contributed by atoms with Crippen molar-refractivity contribution in [3.8, 4) is 0 Å². The van der Waals surface area contributed by atoms with E-state index in [-0.39, 0.29) is 0 Å². The highest BCUT2D eigenvalue weighted by Gasteiger charge is 2.13. The molecule has 1 N–H and O–H groups in total. The molecular weight excluding hydrogens is 248 g/mol. The Morgan fingerprint density at radius 3 is 2.50 bits per heavy atom. The minimum atomic E-state index is 0.536. The standard InChI is InChI=1S/C16H30N4/c1-6-17-11-15-9-8-10-16(18-15)13-20(7-2)14(3)12-19(4)5/h8-10,14,17H,6-7,11-13H2,1-5H3. The van der Waals surface area contributed by atoms with Crippen molar-refractivity contribution in [1.29, 1.82) is 0 Å². The molecule has 114 valence electrons. The number of nitrogens with one attached hydrogen (secondary N) is 1. The zero-order valence-corrected chi connectivity index (χ0v) is 13.7. The fourth-order valence-corrected chi connectivity index (χ4v) is 2.40. The van der Waals surface area contributed by atoms with Gasteiger partial charge in [0.2, 0.25) is 0 Å². The molecule has 1 aromatic rings. The van der Waals surface area contributed by atoms with Crippen molar-refractivity contribution in [3.05, 3.63) is 29.6 Å². The lowest BCUT2D eigenvalue weighted by Gasteiger charge is -2.29. The van der Waals surface area contributed by atoms with Crippen LogP contribution in [0.4, 0.5) is 0 Å². The van der Waals surface area contributed by atoms with Gasteiger partial charge in [-0.05, 0) is 46.2 Å². The molecule has 0 aromatic carbocycles. The molecule has 1 unspecified atom stereocenters. The SMILES string of the molecule is CCNCc1cccc(CN(CC)C(C)CN(C)C)n1. The summed E-state index contributed by atoms with van der Waals surface area (Å²) in [5.74, 6) is 0. The van der Waals surface area contributed by atoms with Crippen LogP contribution in [-0.2, 0) is 13.1 Å². The molecule has 1 heterocycles. The minimum Gasteiger partial charge on any atom is -0.311 e. The maximum atomic E-state index is 4.74. The number of hydrogen-bond donors (Lipinski definition) is 1. The Morgan fingerprint density at radius 2 is 1.90 bits per heavy atom. The molecule has 0 saturated carbocycles. The summed E-state index contributed by atoms with van der Waals surface area (Å²) in [6, 6.07) is 6.86. The van der Waals surface area contributed by atoms with Gasteiger partial charge in [-0.2, -0.15) is 0 Å². The first kappa shape index (κ1) is 17.1. The van der Waals surface area contributed by atoms with E-state index in [1.54, 1.807) is 0 Å². The second kappa shape index (κ2) is 9.06. The maximum Gasteiger partial charge on any atom is 0.0547 e. The molecular formula is C16H30N4. The Kier molecular flexibility index (Phi) is 7.73. The molecule has 0 spiro atoms. The highest BCUT2D eigenvalue weighted by Crippen LogP contribution is 2.08. The summed E-state index contributed by atoms with van der Waals surface area (Å²) in [4.78, 5) is 9.45. The van der Waals surface area contributed by atoms with Gasteiger partial charge in [-0.3, -0.25) is 9.88 Å². The number of pyridine rings is 1. The summed E-state index contributed by atoms with van der Waals surface area (Å²) in [7, 11) is 4.25. The third kappa shape index (κ3) is 5.99. The molecule has 0 saturated heterocycles. The van der Waals surface area contributed by atoms with Gasteiger partial charge in [0.05, 0.1) is 11.4 Å². The van der Waals surface area contributed by atoms with Gasteiger partial charge in [-0.15, -0.1) is 0 Å². The summed E-state index contributed by atoms with van der Waals surface area (Å²) >= 11 is 0. The smallest absolute Gasteiger partial charge is 0.0547 e. The number of rotatable bonds is 9. The van der Waals surface area contributed by atoms with Crippen molar-refractivity contribution in [2.45, 2.75) is 39.9 Å². The largest absolute Gasteiger partial charge is 0.311 e. The average molecular weight is 278 g/mol. The molecule has 20 heavy (non-hydrogen) atoms. The van der Waals surface area contributed by atoms with Gasteiger partial charge < -0.3 is 10.2 Å². The van der Waals surface area contributed by atoms with Crippen LogP contribution in [0, 0.1) is 0 Å². The topological polar surface area (TPSA) is 31.4 Å². The molecule has 0 fully saturated rings. The fourth-order valence-electron chi connectivity index (χ4n) is 2.40. The number of nitrogens with zero attached hydrogens (tertiary/aromatic N) is 3. The van der Waals surface area contributed by atoms with E-state index >= 15 is 0 Å². The van der Waals surface area contributed by atoms with Crippen LogP contribution in [0.15, 0.2) is 18.2 Å². The second-order valence-corrected chi connectivity index (χ2v) is 5.57. The van der Waals surface area contributed by atoms with Crippen LogP contribution in [0.2, 0.25) is 0 Å². The van der Waals surface area contributed by atoms with Crippen LogP contribution in [0.5, 0.6) is 0 Å². The molecule has 1 rings (SSSR count). The lowest BCUT2D eigenvalue weighted by molar-refractivity contribution is 0.172. The Hall–Kier alpha value is -0.970. The summed E-state index contributed by atoms with van der Waals surface area (Å²) < 4.78 is 0. The summed E-state index contributed by atoms with van der Waals surface area (Å²) in [6.45, 7) is 11.5. The number of hydrogen-bond acceptors (Lipinski definition) is 4. The lowest BCUT2D eigenvalue weighted by atomic mass is 10.2. The van der Waals surface area contributed by atoms with E-state index in [2.05, 4.69) is 68.2 Å². The zero-order chi connectivity index (χ0) is 15.0. The molecule has 4 heteroatoms. The fraction of sp³-hybridized carbons (Fsp3) is 0.688. The predicted molar refractivity (Wildman–Crippen MR) is 85.7 cm³/mol. The minimum absolute atomic E-state index is 0.536. The third-order valence-electron chi connectivity index (χ3n) is 3.44. The van der Waals surface area contributed by atoms with Crippen LogP contribution in [0.1, 0.15) is 32.2 Å². The van der Waals surface area contributed by atoms with E-state index in [0.717, 1.165) is 44.1 Å². The van der Waals surface area contributed by atoms with Gasteiger partial charge in [-0.25, -0.2) is 0 Å². The third-order valence-corrected chi connectivity index (χ3v) is 3.44. The van der Waals surface area contributed by atoms with Crippen LogP contribution in [0.25, 0.3) is 0 Å². The first-order chi connectivity index (χ1) is 9.56. The van der Waals surface area contributed by atoms with E-state index in [9.17, 15) is 0 Å². The van der Waals surface area contributed by atoms with Crippen molar-refractivity contribution >= 4 is 0 Å². The van der Waals surface area contributed by atoms with Crippen LogP contribution in [-0.4, -0.2) is 54.6 Å². The Bertz CT molecular complexity index is 378. The average Bonchev–Trinajstić information content (AvgIpc) is 2.42. The highest BCUT2D eigenvalue weighted by atomic mass is 15.2. The van der Waals surface area contributed by atoms with Crippen LogP contribution < -0.4 is 5.32 Å². The molecule has 4 nitrogen and oxygen atoms in total. The molecule has 0 aliphatic heterocycles. The van der Waals surface area contributed by atoms with E-state index in [0.29, 0.717) is 6.04 Å². The summed E-state index contributed by atoms with van der Waals surface area (Å²) in [5, 5.41) is 3.33. The first-order valence-electron chi connectivity index (χ1n) is 7.61. The van der Waals surface area contributed by atoms with Crippen molar-refractivity contribution in [3.63, 3.8) is 0 Å². The van der Waals surface area contributed by atoms with E-state index in [1.807, 2.05) is 0 Å². The lowest BCUT2D eigenvalue weighted by Crippen LogP contribution is -2.39. The normalized spacial score (nSPS) is 13.2. The molecule has 0 radical (unpaired) electrons. The molecule has 1 aromatic heterocycles. The quantitative estimate of drug-likeness (QED) is 0.748. The maximum absolute atomic E-state index is 4.74. The molecule has 1 atom stereocenters. The molecule has 0 aliphatic carbocycles. The van der Waals surface area contributed by atoms with Crippen molar-refractivity contribution in [2.24, 2.45) is 0 Å². The second-order valence-electron chi connectivity index (χ2n) is 5.57.